The number of imide groups is 1. The van der Waals surface area contributed by atoms with Crippen LogP contribution in [-0.2, 0) is 11.3 Å². The van der Waals surface area contributed by atoms with Crippen LogP contribution in [-0.4, -0.2) is 49.3 Å². The number of nitrogens with zero attached hydrogens (tertiary/aromatic N) is 3. The zero-order valence-electron chi connectivity index (χ0n) is 15.4. The molecule has 0 bridgehead atoms. The predicted octanol–water partition coefficient (Wildman–Crippen LogP) is 2.67. The third-order valence-corrected chi connectivity index (χ3v) is 6.14. The molecule has 28 heavy (non-hydrogen) atoms. The summed E-state index contributed by atoms with van der Waals surface area (Å²) in [5.74, 6) is -0.114. The Morgan fingerprint density at radius 2 is 1.96 bits per heavy atom. The van der Waals surface area contributed by atoms with E-state index in [0.29, 0.717) is 12.1 Å². The van der Waals surface area contributed by atoms with Gasteiger partial charge in [0.15, 0.2) is 0 Å². The molecule has 7 nitrogen and oxygen atoms in total. The molecule has 3 amide bonds. The molecule has 1 saturated heterocycles. The van der Waals surface area contributed by atoms with Crippen LogP contribution in [0.1, 0.15) is 41.6 Å². The van der Waals surface area contributed by atoms with Crippen molar-refractivity contribution in [1.29, 1.82) is 0 Å². The summed E-state index contributed by atoms with van der Waals surface area (Å²) in [7, 11) is 0. The number of rotatable bonds is 5. The number of amides is 3. The first-order valence-corrected chi connectivity index (χ1v) is 10.4. The van der Waals surface area contributed by atoms with Crippen molar-refractivity contribution < 1.29 is 14.4 Å². The van der Waals surface area contributed by atoms with E-state index >= 15 is 0 Å². The Morgan fingerprint density at radius 3 is 2.64 bits per heavy atom. The Balaban J connectivity index is 1.42. The summed E-state index contributed by atoms with van der Waals surface area (Å²) < 4.78 is 1.96. The first-order chi connectivity index (χ1) is 13.6. The van der Waals surface area contributed by atoms with Crippen LogP contribution in [0.2, 0.25) is 0 Å². The summed E-state index contributed by atoms with van der Waals surface area (Å²) in [6, 6.07) is 7.03. The monoisotopic (exact) mass is 398 g/mol. The minimum Gasteiger partial charge on any atom is -0.347 e. The van der Waals surface area contributed by atoms with Gasteiger partial charge in [-0.3, -0.25) is 19.3 Å². The fourth-order valence-electron chi connectivity index (χ4n) is 3.88. The van der Waals surface area contributed by atoms with Crippen LogP contribution >= 0.6 is 11.8 Å². The summed E-state index contributed by atoms with van der Waals surface area (Å²) in [4.78, 5) is 42.4. The molecule has 0 unspecified atom stereocenters. The third-order valence-electron chi connectivity index (χ3n) is 5.30. The smallest absolute Gasteiger partial charge is 0.289 e. The number of carbonyl (C=O) groups excluding carboxylic acids is 3. The summed E-state index contributed by atoms with van der Waals surface area (Å²) >= 11 is 1.05. The molecule has 0 spiro atoms. The number of aromatic nitrogens is 2. The van der Waals surface area contributed by atoms with Gasteiger partial charge < -0.3 is 9.88 Å². The molecule has 1 aliphatic carbocycles. The molecule has 1 aliphatic heterocycles. The van der Waals surface area contributed by atoms with Crippen LogP contribution in [0.3, 0.4) is 0 Å². The van der Waals surface area contributed by atoms with Gasteiger partial charge in [-0.2, -0.15) is 0 Å². The highest BCUT2D eigenvalue weighted by Crippen LogP contribution is 2.30. The van der Waals surface area contributed by atoms with Crippen molar-refractivity contribution in [2.24, 2.45) is 0 Å². The van der Waals surface area contributed by atoms with Crippen LogP contribution in [0.25, 0.3) is 0 Å². The van der Waals surface area contributed by atoms with Gasteiger partial charge in [0, 0.05) is 24.5 Å². The summed E-state index contributed by atoms with van der Waals surface area (Å²) in [6.07, 6.45) is 8.84. The highest BCUT2D eigenvalue weighted by atomic mass is 32.2. The van der Waals surface area contributed by atoms with Crippen molar-refractivity contribution in [3.8, 4) is 0 Å². The number of hydrogen-bond acceptors (Lipinski definition) is 5. The molecule has 0 radical (unpaired) electrons. The molecule has 1 aromatic heterocycles. The van der Waals surface area contributed by atoms with Crippen LogP contribution in [0, 0.1) is 0 Å². The van der Waals surface area contributed by atoms with Gasteiger partial charge in [-0.15, -0.1) is 0 Å². The van der Waals surface area contributed by atoms with Crippen molar-refractivity contribution in [1.82, 2.24) is 19.8 Å². The largest absolute Gasteiger partial charge is 0.347 e. The molecule has 4 rings (SSSR count). The van der Waals surface area contributed by atoms with Gasteiger partial charge in [-0.05, 0) is 30.5 Å². The van der Waals surface area contributed by atoms with Gasteiger partial charge >= 0.3 is 0 Å². The van der Waals surface area contributed by atoms with Crippen molar-refractivity contribution in [3.05, 3.63) is 54.1 Å². The fraction of sp³-hybridized carbons (Fsp3) is 0.400. The van der Waals surface area contributed by atoms with Gasteiger partial charge in [0.25, 0.3) is 11.1 Å². The summed E-state index contributed by atoms with van der Waals surface area (Å²) in [5.41, 5.74) is 1.66. The zero-order chi connectivity index (χ0) is 19.5. The summed E-state index contributed by atoms with van der Waals surface area (Å²) in [5, 5.41) is 2.86. The van der Waals surface area contributed by atoms with E-state index in [0.717, 1.165) is 43.0 Å². The van der Waals surface area contributed by atoms with Gasteiger partial charge in [-0.1, -0.05) is 36.7 Å². The van der Waals surface area contributed by atoms with Crippen molar-refractivity contribution in [2.45, 2.75) is 44.3 Å². The molecular weight excluding hydrogens is 376 g/mol. The van der Waals surface area contributed by atoms with Gasteiger partial charge in [0.2, 0.25) is 5.91 Å². The quantitative estimate of drug-likeness (QED) is 0.837. The molecule has 1 aromatic carbocycles. The lowest BCUT2D eigenvalue weighted by molar-refractivity contribution is -0.127. The van der Waals surface area contributed by atoms with Gasteiger partial charge in [-0.25, -0.2) is 4.98 Å². The molecule has 146 valence electrons. The molecule has 1 N–H and O–H groups in total. The average Bonchev–Trinajstić information content (AvgIpc) is 3.33. The Hall–Kier alpha value is -2.61. The second-order valence-electron chi connectivity index (χ2n) is 7.18. The number of imidazole rings is 1. The lowest BCUT2D eigenvalue weighted by Gasteiger charge is -2.36. The topological polar surface area (TPSA) is 84.3 Å². The molecule has 2 aliphatic rings. The Bertz CT molecular complexity index is 850. The third kappa shape index (κ3) is 3.96. The van der Waals surface area contributed by atoms with Crippen LogP contribution in [0.4, 0.5) is 4.79 Å². The number of thioether (sulfide) groups is 1. The van der Waals surface area contributed by atoms with E-state index in [9.17, 15) is 14.4 Å². The maximum atomic E-state index is 12.7. The molecule has 2 heterocycles. The normalized spacial score (nSPS) is 22.5. The molecule has 2 fully saturated rings. The van der Waals surface area contributed by atoms with Crippen LogP contribution in [0.15, 0.2) is 43.0 Å². The average molecular weight is 398 g/mol. The van der Waals surface area contributed by atoms with Crippen LogP contribution < -0.4 is 5.32 Å². The molecule has 1 saturated carbocycles. The van der Waals surface area contributed by atoms with Crippen molar-refractivity contribution in [3.63, 3.8) is 0 Å². The first kappa shape index (κ1) is 18.7. The SMILES string of the molecule is O=C(N[C@@H]1CCCC[C@H]1N1C(=O)CSC1=O)c1ccc(Cn2ccnc2)cc1. The van der Waals surface area contributed by atoms with Crippen molar-refractivity contribution in [2.75, 3.05) is 5.75 Å². The number of carbonyl (C=O) groups is 3. The van der Waals surface area contributed by atoms with Crippen molar-refractivity contribution >= 4 is 28.8 Å². The van der Waals surface area contributed by atoms with E-state index in [1.165, 1.54) is 4.90 Å². The molecule has 2 aromatic rings. The lowest BCUT2D eigenvalue weighted by atomic mass is 9.89. The van der Waals surface area contributed by atoms with Gasteiger partial charge in [0.05, 0.1) is 24.2 Å². The maximum absolute atomic E-state index is 12.7. The Labute approximate surface area is 167 Å². The van der Waals surface area contributed by atoms with E-state index in [2.05, 4.69) is 10.3 Å². The summed E-state index contributed by atoms with van der Waals surface area (Å²) in [6.45, 7) is 0.698. The number of benzene rings is 1. The zero-order valence-corrected chi connectivity index (χ0v) is 16.2. The maximum Gasteiger partial charge on any atom is 0.289 e. The minimum atomic E-state index is -0.242. The van der Waals surface area contributed by atoms with Gasteiger partial charge in [0.1, 0.15) is 0 Å². The van der Waals surface area contributed by atoms with E-state index in [1.807, 2.05) is 22.9 Å². The Kier molecular flexibility index (Phi) is 5.47. The standard InChI is InChI=1S/C20H22N4O3S/c25-18-12-28-20(27)24(18)17-4-2-1-3-16(17)22-19(26)15-7-5-14(6-8-15)11-23-10-9-21-13-23/h5-10,13,16-17H,1-4,11-12H2,(H,22,26)/t16-,17-/m1/s1. The molecular formula is C20H22N4O3S. The highest BCUT2D eigenvalue weighted by molar-refractivity contribution is 8.14. The first-order valence-electron chi connectivity index (χ1n) is 9.46. The van der Waals surface area contributed by atoms with E-state index < -0.39 is 0 Å². The van der Waals surface area contributed by atoms with E-state index in [-0.39, 0.29) is 34.9 Å². The van der Waals surface area contributed by atoms with Crippen LogP contribution in [0.5, 0.6) is 0 Å². The number of nitrogens with one attached hydrogen (secondary N) is 1. The lowest BCUT2D eigenvalue weighted by Crippen LogP contribution is -2.54. The second kappa shape index (κ2) is 8.18. The number of hydrogen-bond donors (Lipinski definition) is 1. The highest BCUT2D eigenvalue weighted by Gasteiger charge is 2.41. The molecule has 2 atom stereocenters. The minimum absolute atomic E-state index is 0.148. The van der Waals surface area contributed by atoms with E-state index in [4.69, 9.17) is 0 Å². The fourth-order valence-corrected chi connectivity index (χ4v) is 4.64. The molecule has 8 heteroatoms. The Morgan fingerprint density at radius 1 is 1.18 bits per heavy atom. The second-order valence-corrected chi connectivity index (χ2v) is 8.11. The van der Waals surface area contributed by atoms with E-state index in [1.54, 1.807) is 24.7 Å². The predicted molar refractivity (Wildman–Crippen MR) is 106 cm³/mol.